The highest BCUT2D eigenvalue weighted by molar-refractivity contribution is 6.13. The third-order valence-electron chi connectivity index (χ3n) is 4.75. The van der Waals surface area contributed by atoms with Gasteiger partial charge in [0.25, 0.3) is 5.91 Å². The average molecular weight is 462 g/mol. The van der Waals surface area contributed by atoms with Gasteiger partial charge in [0.1, 0.15) is 12.0 Å². The molecule has 1 aromatic heterocycles. The van der Waals surface area contributed by atoms with Crippen LogP contribution in [0.15, 0.2) is 29.5 Å². The molecule has 0 aromatic carbocycles. The number of hydrogen-bond acceptors (Lipinski definition) is 8. The monoisotopic (exact) mass is 462 g/mol. The maximum absolute atomic E-state index is 12.6. The first-order chi connectivity index (χ1) is 14.9. The number of carbonyl (C=O) groups excluding carboxylic acids is 1. The Bertz CT molecular complexity index is 863. The van der Waals surface area contributed by atoms with Crippen LogP contribution in [0.2, 0.25) is 0 Å². The summed E-state index contributed by atoms with van der Waals surface area (Å²) in [7, 11) is 0. The summed E-state index contributed by atoms with van der Waals surface area (Å²) in [4.78, 5) is 36.3. The van der Waals surface area contributed by atoms with E-state index < -0.39 is 48.2 Å². The van der Waals surface area contributed by atoms with Gasteiger partial charge in [-0.1, -0.05) is 6.07 Å². The number of rotatable bonds is 6. The van der Waals surface area contributed by atoms with Crippen molar-refractivity contribution < 1.29 is 48.0 Å². The Balaban J connectivity index is 0.000000309. The van der Waals surface area contributed by atoms with Crippen LogP contribution in [0.4, 0.5) is 13.2 Å². The van der Waals surface area contributed by atoms with E-state index in [-0.39, 0.29) is 13.0 Å². The summed E-state index contributed by atoms with van der Waals surface area (Å²) in [5.41, 5.74) is 0.143. The highest BCUT2D eigenvalue weighted by Crippen LogP contribution is 2.37. The molecule has 0 aliphatic carbocycles. The predicted molar refractivity (Wildman–Crippen MR) is 100 cm³/mol. The van der Waals surface area contributed by atoms with Crippen molar-refractivity contribution in [3.8, 4) is 0 Å². The topological polar surface area (TPSA) is 173 Å². The summed E-state index contributed by atoms with van der Waals surface area (Å²) < 4.78 is 37.9. The lowest BCUT2D eigenvalue weighted by Crippen LogP contribution is -2.53. The minimum absolute atomic E-state index is 0.257. The molecule has 1 unspecified atom stereocenters. The molecule has 3 atom stereocenters. The van der Waals surface area contributed by atoms with Gasteiger partial charge in [-0.2, -0.15) is 18.3 Å². The highest BCUT2D eigenvalue weighted by Gasteiger charge is 2.53. The zero-order chi connectivity index (χ0) is 24.1. The number of carboxylic acid groups (broad SMARTS) is 2. The Labute approximate surface area is 179 Å². The molecular formula is C18H21F3N4O7. The van der Waals surface area contributed by atoms with Crippen LogP contribution < -0.4 is 5.32 Å². The molecule has 1 aromatic rings. The van der Waals surface area contributed by atoms with E-state index in [1.54, 1.807) is 24.4 Å². The molecule has 5 N–H and O–H groups in total. The number of nitrogens with one attached hydrogen (secondary N) is 1. The maximum Gasteiger partial charge on any atom is 0.408 e. The van der Waals surface area contributed by atoms with Gasteiger partial charge < -0.3 is 25.7 Å². The van der Waals surface area contributed by atoms with Gasteiger partial charge in [-0.15, -0.1) is 0 Å². The van der Waals surface area contributed by atoms with Crippen LogP contribution >= 0.6 is 0 Å². The van der Waals surface area contributed by atoms with Crippen molar-refractivity contribution in [2.45, 2.75) is 31.2 Å². The minimum Gasteiger partial charge on any atom is -0.479 e. The van der Waals surface area contributed by atoms with Crippen molar-refractivity contribution in [1.29, 1.82) is 0 Å². The molecule has 1 saturated heterocycles. The van der Waals surface area contributed by atoms with E-state index in [1.807, 2.05) is 0 Å². The van der Waals surface area contributed by atoms with Gasteiger partial charge in [0.05, 0.1) is 5.71 Å². The van der Waals surface area contributed by atoms with Gasteiger partial charge in [0, 0.05) is 37.8 Å². The van der Waals surface area contributed by atoms with Crippen LogP contribution in [-0.2, 0) is 20.8 Å². The molecule has 0 spiro atoms. The van der Waals surface area contributed by atoms with Gasteiger partial charge in [0.2, 0.25) is 0 Å². The van der Waals surface area contributed by atoms with Gasteiger partial charge >= 0.3 is 18.1 Å². The third kappa shape index (κ3) is 5.99. The largest absolute Gasteiger partial charge is 0.479 e. The second-order valence-electron chi connectivity index (χ2n) is 7.10. The summed E-state index contributed by atoms with van der Waals surface area (Å²) in [5, 5.41) is 40.1. The maximum atomic E-state index is 12.6. The van der Waals surface area contributed by atoms with E-state index in [2.05, 4.69) is 15.4 Å². The van der Waals surface area contributed by atoms with E-state index in [9.17, 15) is 27.6 Å². The first-order valence-corrected chi connectivity index (χ1v) is 9.26. The Morgan fingerprint density at radius 2 is 1.81 bits per heavy atom. The first kappa shape index (κ1) is 25.2. The zero-order valence-electron chi connectivity index (χ0n) is 16.5. The van der Waals surface area contributed by atoms with E-state index in [0.29, 0.717) is 29.4 Å². The standard InChI is InChI=1S/C14H15F3N4O.C4H6O6/c15-14(16,17)9-21-12(22)13(7-10-3-1-2-5-19-10)8-18-6-4-11(13)20-21;5-1(3(7)8)2(6)4(9)10/h1-3,5,18H,4,6-9H2;1-2,5-6H,(H,7,8)(H,9,10)/t;1-,2-/m.0/s1. The fourth-order valence-electron chi connectivity index (χ4n) is 3.23. The Hall–Kier alpha value is -3.10. The number of carbonyl (C=O) groups is 3. The number of carboxylic acids is 2. The van der Waals surface area contributed by atoms with Crippen LogP contribution in [0.1, 0.15) is 12.1 Å². The average Bonchev–Trinajstić information content (AvgIpc) is 2.98. The number of amides is 1. The van der Waals surface area contributed by atoms with E-state index in [0.717, 1.165) is 0 Å². The molecule has 1 amide bonds. The molecule has 1 fully saturated rings. The van der Waals surface area contributed by atoms with Crippen molar-refractivity contribution in [2.75, 3.05) is 19.6 Å². The number of hydrazone groups is 1. The molecule has 3 rings (SSSR count). The molecule has 2 aliphatic rings. The number of hydrogen-bond donors (Lipinski definition) is 5. The molecule has 11 nitrogen and oxygen atoms in total. The quantitative estimate of drug-likeness (QED) is 0.364. The minimum atomic E-state index is -4.47. The lowest BCUT2D eigenvalue weighted by atomic mass is 9.75. The number of pyridine rings is 1. The number of aliphatic hydroxyl groups excluding tert-OH is 2. The molecule has 0 saturated carbocycles. The highest BCUT2D eigenvalue weighted by atomic mass is 19.4. The SMILES string of the molecule is O=C(O)[C@@H](O)[C@H](O)C(=O)O.O=C1N(CC(F)(F)F)N=C2CCNCC12Cc1ccccn1. The number of nitrogens with zero attached hydrogens (tertiary/aromatic N) is 3. The molecule has 176 valence electrons. The van der Waals surface area contributed by atoms with Gasteiger partial charge in [-0.25, -0.2) is 14.6 Å². The molecule has 0 bridgehead atoms. The molecule has 0 radical (unpaired) electrons. The molecule has 32 heavy (non-hydrogen) atoms. The number of alkyl halides is 3. The van der Waals surface area contributed by atoms with E-state index in [4.69, 9.17) is 20.4 Å². The first-order valence-electron chi connectivity index (χ1n) is 9.26. The fraction of sp³-hybridized carbons (Fsp3) is 0.500. The van der Waals surface area contributed by atoms with E-state index >= 15 is 0 Å². The molecule has 14 heteroatoms. The van der Waals surface area contributed by atoms with Gasteiger partial charge in [-0.3, -0.25) is 9.78 Å². The number of fused-ring (bicyclic) bond motifs is 1. The van der Waals surface area contributed by atoms with Crippen LogP contribution in [0, 0.1) is 5.41 Å². The lowest BCUT2D eigenvalue weighted by molar-refractivity contribution is -0.165. The number of aromatic nitrogens is 1. The zero-order valence-corrected chi connectivity index (χ0v) is 16.5. The van der Waals surface area contributed by atoms with Crippen LogP contribution in [0.3, 0.4) is 0 Å². The Morgan fingerprint density at radius 3 is 2.31 bits per heavy atom. The second-order valence-corrected chi connectivity index (χ2v) is 7.10. The number of halogens is 3. The van der Waals surface area contributed by atoms with Crippen molar-refractivity contribution in [1.82, 2.24) is 15.3 Å². The Kier molecular flexibility index (Phi) is 7.87. The summed E-state index contributed by atoms with van der Waals surface area (Å²) in [6, 6.07) is 5.31. The van der Waals surface area contributed by atoms with Crippen molar-refractivity contribution in [2.24, 2.45) is 10.5 Å². The summed E-state index contributed by atoms with van der Waals surface area (Å²) in [6.07, 6.45) is -6.67. The molecular weight excluding hydrogens is 441 g/mol. The summed E-state index contributed by atoms with van der Waals surface area (Å²) in [6.45, 7) is -0.454. The normalized spacial score (nSPS) is 22.2. The smallest absolute Gasteiger partial charge is 0.408 e. The number of aliphatic carboxylic acids is 2. The van der Waals surface area contributed by atoms with Gasteiger partial charge in [0.15, 0.2) is 12.2 Å². The lowest BCUT2D eigenvalue weighted by Gasteiger charge is -2.32. The molecule has 3 heterocycles. The third-order valence-corrected chi connectivity index (χ3v) is 4.75. The van der Waals surface area contributed by atoms with Crippen molar-refractivity contribution in [3.63, 3.8) is 0 Å². The summed E-state index contributed by atoms with van der Waals surface area (Å²) in [5.74, 6) is -4.14. The second kappa shape index (κ2) is 10.0. The fourth-order valence-corrected chi connectivity index (χ4v) is 3.23. The molecule has 2 aliphatic heterocycles. The van der Waals surface area contributed by atoms with Crippen LogP contribution in [-0.4, -0.2) is 92.0 Å². The number of aliphatic hydroxyl groups is 2. The van der Waals surface area contributed by atoms with E-state index in [1.165, 1.54) is 0 Å². The van der Waals surface area contributed by atoms with Crippen molar-refractivity contribution in [3.05, 3.63) is 30.1 Å². The number of piperidine rings is 1. The van der Waals surface area contributed by atoms with Gasteiger partial charge in [-0.05, 0) is 12.1 Å². The predicted octanol–water partition coefficient (Wildman–Crippen LogP) is -0.758. The van der Waals surface area contributed by atoms with Crippen LogP contribution in [0.25, 0.3) is 0 Å². The Morgan fingerprint density at radius 1 is 1.19 bits per heavy atom. The summed E-state index contributed by atoms with van der Waals surface area (Å²) >= 11 is 0. The van der Waals surface area contributed by atoms with Crippen molar-refractivity contribution >= 4 is 23.6 Å². The van der Waals surface area contributed by atoms with Crippen LogP contribution in [0.5, 0.6) is 0 Å².